The first kappa shape index (κ1) is 14.8. The molecule has 2 aliphatic heterocycles. The summed E-state index contributed by atoms with van der Waals surface area (Å²) in [5.74, 6) is 0.898. The van der Waals surface area contributed by atoms with Crippen molar-refractivity contribution >= 4 is 0 Å². The first-order chi connectivity index (χ1) is 9.74. The van der Waals surface area contributed by atoms with Crippen LogP contribution in [0.1, 0.15) is 39.0 Å². The maximum absolute atomic E-state index is 10.4. The summed E-state index contributed by atoms with van der Waals surface area (Å²) in [6, 6.07) is 1.40. The molecule has 3 fully saturated rings. The van der Waals surface area contributed by atoms with Crippen molar-refractivity contribution in [2.75, 3.05) is 39.4 Å². The van der Waals surface area contributed by atoms with Crippen LogP contribution in [0.4, 0.5) is 0 Å². The third-order valence-corrected chi connectivity index (χ3v) is 5.50. The summed E-state index contributed by atoms with van der Waals surface area (Å²) in [5.41, 5.74) is 0. The van der Waals surface area contributed by atoms with Gasteiger partial charge in [-0.2, -0.15) is 0 Å². The van der Waals surface area contributed by atoms with Gasteiger partial charge in [-0.1, -0.05) is 12.8 Å². The molecule has 0 unspecified atom stereocenters. The zero-order valence-electron chi connectivity index (χ0n) is 12.8. The van der Waals surface area contributed by atoms with Crippen LogP contribution in [0.15, 0.2) is 0 Å². The fraction of sp³-hybridized carbons (Fsp3) is 1.00. The van der Waals surface area contributed by atoms with Gasteiger partial charge >= 0.3 is 0 Å². The minimum Gasteiger partial charge on any atom is -0.390 e. The van der Waals surface area contributed by atoms with E-state index in [-0.39, 0.29) is 6.10 Å². The van der Waals surface area contributed by atoms with Crippen molar-refractivity contribution in [1.82, 2.24) is 9.80 Å². The number of hydrogen-bond donors (Lipinski definition) is 1. The van der Waals surface area contributed by atoms with Gasteiger partial charge in [-0.15, -0.1) is 0 Å². The Bertz CT molecular complexity index is 307. The highest BCUT2D eigenvalue weighted by atomic mass is 16.5. The third kappa shape index (κ3) is 3.35. The lowest BCUT2D eigenvalue weighted by atomic mass is 9.85. The predicted molar refractivity (Wildman–Crippen MR) is 79.8 cm³/mol. The molecule has 0 aromatic heterocycles. The number of nitrogens with zero attached hydrogens (tertiary/aromatic N) is 2. The van der Waals surface area contributed by atoms with Gasteiger partial charge in [-0.05, 0) is 32.1 Å². The van der Waals surface area contributed by atoms with Gasteiger partial charge in [0.2, 0.25) is 0 Å². The molecule has 4 heteroatoms. The largest absolute Gasteiger partial charge is 0.390 e. The molecule has 1 N–H and O–H groups in total. The number of morpholine rings is 1. The normalized spacial score (nSPS) is 37.8. The van der Waals surface area contributed by atoms with Gasteiger partial charge in [0.25, 0.3) is 0 Å². The molecule has 1 saturated carbocycles. The van der Waals surface area contributed by atoms with Crippen LogP contribution in [0, 0.1) is 5.92 Å². The first-order valence-corrected chi connectivity index (χ1v) is 8.48. The van der Waals surface area contributed by atoms with Crippen LogP contribution in [-0.4, -0.2) is 72.5 Å². The molecule has 1 aliphatic carbocycles. The second-order valence-electron chi connectivity index (χ2n) is 6.96. The molecular formula is C16H30N2O2. The van der Waals surface area contributed by atoms with Crippen molar-refractivity contribution in [1.29, 1.82) is 0 Å². The Hall–Kier alpha value is -0.160. The summed E-state index contributed by atoms with van der Waals surface area (Å²) in [6.07, 6.45) is 6.68. The Morgan fingerprint density at radius 1 is 1.15 bits per heavy atom. The molecule has 0 aromatic carbocycles. The summed E-state index contributed by atoms with van der Waals surface area (Å²) in [7, 11) is 0. The number of fused-ring (bicyclic) bond motifs is 1. The number of aliphatic hydroxyl groups excluding tert-OH is 1. The van der Waals surface area contributed by atoms with Gasteiger partial charge < -0.3 is 9.84 Å². The van der Waals surface area contributed by atoms with Gasteiger partial charge in [0.1, 0.15) is 0 Å². The average molecular weight is 282 g/mol. The molecule has 0 bridgehead atoms. The quantitative estimate of drug-likeness (QED) is 0.844. The fourth-order valence-corrected chi connectivity index (χ4v) is 4.50. The second kappa shape index (κ2) is 6.73. The minimum atomic E-state index is -0.212. The zero-order valence-corrected chi connectivity index (χ0v) is 12.8. The molecule has 116 valence electrons. The zero-order chi connectivity index (χ0) is 13.9. The van der Waals surface area contributed by atoms with Crippen LogP contribution < -0.4 is 0 Å². The Morgan fingerprint density at radius 3 is 2.70 bits per heavy atom. The van der Waals surface area contributed by atoms with Gasteiger partial charge in [-0.3, -0.25) is 9.80 Å². The van der Waals surface area contributed by atoms with Crippen molar-refractivity contribution in [3.8, 4) is 0 Å². The Balaban J connectivity index is 1.50. The summed E-state index contributed by atoms with van der Waals surface area (Å²) < 4.78 is 5.37. The molecule has 0 amide bonds. The van der Waals surface area contributed by atoms with Crippen molar-refractivity contribution in [3.63, 3.8) is 0 Å². The Morgan fingerprint density at radius 2 is 1.90 bits per heavy atom. The van der Waals surface area contributed by atoms with E-state index in [1.165, 1.54) is 32.1 Å². The molecule has 0 radical (unpaired) electrons. The third-order valence-electron chi connectivity index (χ3n) is 5.50. The van der Waals surface area contributed by atoms with E-state index in [9.17, 15) is 5.11 Å². The highest BCUT2D eigenvalue weighted by molar-refractivity contribution is 4.95. The molecule has 4 nitrogen and oxygen atoms in total. The number of rotatable bonds is 4. The van der Waals surface area contributed by atoms with Crippen LogP contribution in [-0.2, 0) is 4.74 Å². The van der Waals surface area contributed by atoms with Gasteiger partial charge in [0, 0.05) is 38.3 Å². The molecule has 2 saturated heterocycles. The second-order valence-corrected chi connectivity index (χ2v) is 6.96. The Labute approximate surface area is 123 Å². The summed E-state index contributed by atoms with van der Waals surface area (Å²) in [4.78, 5) is 4.95. The van der Waals surface area contributed by atoms with E-state index in [1.807, 2.05) is 0 Å². The maximum Gasteiger partial charge on any atom is 0.0794 e. The molecule has 0 aromatic rings. The van der Waals surface area contributed by atoms with Crippen LogP contribution in [0.3, 0.4) is 0 Å². The molecule has 3 rings (SSSR count). The number of likely N-dealkylation sites (tertiary alicyclic amines) is 1. The molecular weight excluding hydrogens is 252 g/mol. The standard InChI is InChI=1S/C16H30N2O2/c1-13-10-14-4-2-3-5-16(14)18(13)12-15(19)11-17-6-8-20-9-7-17/h13-16,19H,2-12H2,1H3/t13-,14+,15-,16-/m0/s1. The lowest BCUT2D eigenvalue weighted by molar-refractivity contribution is 0.000707. The average Bonchev–Trinajstić information content (AvgIpc) is 2.76. The molecule has 2 heterocycles. The van der Waals surface area contributed by atoms with Gasteiger partial charge in [0.15, 0.2) is 0 Å². The highest BCUT2D eigenvalue weighted by Crippen LogP contribution is 2.39. The van der Waals surface area contributed by atoms with Crippen LogP contribution in [0.2, 0.25) is 0 Å². The molecule has 0 spiro atoms. The first-order valence-electron chi connectivity index (χ1n) is 8.48. The predicted octanol–water partition coefficient (Wildman–Crippen LogP) is 1.33. The molecule has 4 atom stereocenters. The van der Waals surface area contributed by atoms with Crippen molar-refractivity contribution in [2.24, 2.45) is 5.92 Å². The van der Waals surface area contributed by atoms with Crippen molar-refractivity contribution in [2.45, 2.75) is 57.2 Å². The smallest absolute Gasteiger partial charge is 0.0794 e. The van der Waals surface area contributed by atoms with E-state index in [0.717, 1.165) is 51.4 Å². The summed E-state index contributed by atoms with van der Waals surface area (Å²) in [6.45, 7) is 7.59. The minimum absolute atomic E-state index is 0.212. The fourth-order valence-electron chi connectivity index (χ4n) is 4.50. The van der Waals surface area contributed by atoms with E-state index in [4.69, 9.17) is 4.74 Å². The van der Waals surface area contributed by atoms with E-state index < -0.39 is 0 Å². The van der Waals surface area contributed by atoms with E-state index in [0.29, 0.717) is 6.04 Å². The van der Waals surface area contributed by atoms with Crippen LogP contribution >= 0.6 is 0 Å². The van der Waals surface area contributed by atoms with E-state index >= 15 is 0 Å². The van der Waals surface area contributed by atoms with Crippen LogP contribution in [0.5, 0.6) is 0 Å². The number of aliphatic hydroxyl groups is 1. The summed E-state index contributed by atoms with van der Waals surface area (Å²) >= 11 is 0. The SMILES string of the molecule is C[C@H]1C[C@H]2CCCC[C@@H]2N1C[C@@H](O)CN1CCOCC1. The number of β-amino-alcohol motifs (C(OH)–C–C–N with tert-alkyl or cyclic N) is 1. The van der Waals surface area contributed by atoms with E-state index in [1.54, 1.807) is 0 Å². The van der Waals surface area contributed by atoms with Crippen molar-refractivity contribution in [3.05, 3.63) is 0 Å². The topological polar surface area (TPSA) is 35.9 Å². The molecule has 3 aliphatic rings. The highest BCUT2D eigenvalue weighted by Gasteiger charge is 2.40. The lowest BCUT2D eigenvalue weighted by Gasteiger charge is -2.36. The van der Waals surface area contributed by atoms with Gasteiger partial charge in [0.05, 0.1) is 19.3 Å². The van der Waals surface area contributed by atoms with E-state index in [2.05, 4.69) is 16.7 Å². The monoisotopic (exact) mass is 282 g/mol. The van der Waals surface area contributed by atoms with Gasteiger partial charge in [-0.25, -0.2) is 0 Å². The maximum atomic E-state index is 10.4. The number of hydrogen-bond acceptors (Lipinski definition) is 4. The lowest BCUT2D eigenvalue weighted by Crippen LogP contribution is -2.47. The van der Waals surface area contributed by atoms with Crippen LogP contribution in [0.25, 0.3) is 0 Å². The van der Waals surface area contributed by atoms with Crippen molar-refractivity contribution < 1.29 is 9.84 Å². The molecule has 20 heavy (non-hydrogen) atoms. The Kier molecular flexibility index (Phi) is 4.97. The number of ether oxygens (including phenoxy) is 1. The summed E-state index contributed by atoms with van der Waals surface area (Å²) in [5, 5.41) is 10.4.